The van der Waals surface area contributed by atoms with Crippen LogP contribution in [-0.4, -0.2) is 13.0 Å². The second kappa shape index (κ2) is 6.33. The van der Waals surface area contributed by atoms with Crippen LogP contribution in [0, 0.1) is 5.82 Å². The van der Waals surface area contributed by atoms with E-state index in [-0.39, 0.29) is 17.6 Å². The molecule has 0 radical (unpaired) electrons. The molecule has 0 fully saturated rings. The molecule has 25 heavy (non-hydrogen) atoms. The summed E-state index contributed by atoms with van der Waals surface area (Å²) in [7, 11) is 1.63. The van der Waals surface area contributed by atoms with E-state index in [1.807, 2.05) is 35.7 Å². The van der Waals surface area contributed by atoms with Gasteiger partial charge >= 0.3 is 0 Å². The zero-order valence-electron chi connectivity index (χ0n) is 13.6. The molecule has 3 nitrogen and oxygen atoms in total. The van der Waals surface area contributed by atoms with Crippen molar-refractivity contribution < 1.29 is 13.9 Å². The number of anilines is 1. The topological polar surface area (TPSA) is 38.3 Å². The number of ether oxygens (including phenoxy) is 1. The van der Waals surface area contributed by atoms with Crippen LogP contribution in [0.1, 0.15) is 22.8 Å². The van der Waals surface area contributed by atoms with E-state index in [2.05, 4.69) is 5.32 Å². The fourth-order valence-corrected chi connectivity index (χ4v) is 4.45. The molecule has 1 amide bonds. The predicted octanol–water partition coefficient (Wildman–Crippen LogP) is 5.04. The molecule has 2 heterocycles. The molecular formula is C20H16FNO2S. The van der Waals surface area contributed by atoms with Crippen LogP contribution < -0.4 is 10.1 Å². The Hall–Kier alpha value is -2.66. The minimum atomic E-state index is -0.291. The first-order valence-corrected chi connectivity index (χ1v) is 8.85. The molecule has 3 aromatic rings. The van der Waals surface area contributed by atoms with Gasteiger partial charge in [0.25, 0.3) is 0 Å². The van der Waals surface area contributed by atoms with E-state index in [4.69, 9.17) is 4.74 Å². The van der Waals surface area contributed by atoms with Gasteiger partial charge in [0.2, 0.25) is 5.91 Å². The average molecular weight is 353 g/mol. The van der Waals surface area contributed by atoms with Gasteiger partial charge in [-0.1, -0.05) is 30.3 Å². The molecular weight excluding hydrogens is 337 g/mol. The number of carbonyl (C=O) groups excluding carboxylic acids is 1. The Bertz CT molecular complexity index is 950. The van der Waals surface area contributed by atoms with Crippen molar-refractivity contribution in [1.29, 1.82) is 0 Å². The van der Waals surface area contributed by atoms with Gasteiger partial charge in [-0.2, -0.15) is 0 Å². The molecule has 126 valence electrons. The molecule has 1 unspecified atom stereocenters. The number of methoxy groups -OCH3 is 1. The molecule has 2 aromatic carbocycles. The Labute approximate surface area is 149 Å². The van der Waals surface area contributed by atoms with Crippen molar-refractivity contribution in [2.45, 2.75) is 12.3 Å². The summed E-state index contributed by atoms with van der Waals surface area (Å²) >= 11 is 1.58. The summed E-state index contributed by atoms with van der Waals surface area (Å²) in [5.74, 6) is 0.376. The van der Waals surface area contributed by atoms with Gasteiger partial charge in [-0.15, -0.1) is 11.3 Å². The number of fused-ring (bicyclic) bond motifs is 1. The van der Waals surface area contributed by atoms with E-state index < -0.39 is 0 Å². The first-order valence-electron chi connectivity index (χ1n) is 7.97. The second-order valence-electron chi connectivity index (χ2n) is 5.95. The highest BCUT2D eigenvalue weighted by Gasteiger charge is 2.31. The quantitative estimate of drug-likeness (QED) is 0.717. The highest BCUT2D eigenvalue weighted by atomic mass is 32.1. The van der Waals surface area contributed by atoms with Crippen molar-refractivity contribution in [1.82, 2.24) is 0 Å². The number of thiophene rings is 1. The van der Waals surface area contributed by atoms with Gasteiger partial charge in [0.05, 0.1) is 12.8 Å². The molecule has 4 rings (SSSR count). The molecule has 0 bridgehead atoms. The first kappa shape index (κ1) is 15.8. The maximum atomic E-state index is 13.6. The Morgan fingerprint density at radius 1 is 1.20 bits per heavy atom. The molecule has 0 saturated carbocycles. The van der Waals surface area contributed by atoms with Crippen LogP contribution in [0.4, 0.5) is 10.1 Å². The summed E-state index contributed by atoms with van der Waals surface area (Å²) in [6.45, 7) is 0. The largest absolute Gasteiger partial charge is 0.496 e. The minimum absolute atomic E-state index is 0.0422. The Morgan fingerprint density at radius 2 is 2.04 bits per heavy atom. The van der Waals surface area contributed by atoms with E-state index in [1.165, 1.54) is 12.1 Å². The summed E-state index contributed by atoms with van der Waals surface area (Å²) in [6.07, 6.45) is 0.372. The summed E-state index contributed by atoms with van der Waals surface area (Å²) in [5, 5.41) is 4.95. The number of halogens is 1. The molecule has 1 N–H and O–H groups in total. The fourth-order valence-electron chi connectivity index (χ4n) is 3.30. The normalized spacial score (nSPS) is 16.2. The van der Waals surface area contributed by atoms with Crippen molar-refractivity contribution in [3.05, 3.63) is 70.2 Å². The number of benzene rings is 2. The fraction of sp³-hybridized carbons (Fsp3) is 0.150. The summed E-state index contributed by atoms with van der Waals surface area (Å²) in [4.78, 5) is 13.4. The lowest BCUT2D eigenvalue weighted by atomic mass is 9.88. The number of carbonyl (C=O) groups is 1. The highest BCUT2D eigenvalue weighted by Crippen LogP contribution is 2.48. The third-order valence-corrected chi connectivity index (χ3v) is 5.54. The highest BCUT2D eigenvalue weighted by molar-refractivity contribution is 7.11. The van der Waals surface area contributed by atoms with Crippen LogP contribution in [-0.2, 0) is 4.79 Å². The second-order valence-corrected chi connectivity index (χ2v) is 6.86. The smallest absolute Gasteiger partial charge is 0.225 e. The maximum absolute atomic E-state index is 13.6. The molecule has 0 spiro atoms. The van der Waals surface area contributed by atoms with Crippen LogP contribution in [0.3, 0.4) is 0 Å². The SMILES string of the molecule is COc1ccccc1C1CC(=O)Nc2c(-c3cccc(F)c3)csc21. The molecule has 5 heteroatoms. The monoisotopic (exact) mass is 353 g/mol. The van der Waals surface area contributed by atoms with Crippen LogP contribution in [0.15, 0.2) is 53.9 Å². The van der Waals surface area contributed by atoms with Crippen LogP contribution >= 0.6 is 11.3 Å². The van der Waals surface area contributed by atoms with E-state index in [0.29, 0.717) is 6.42 Å². The standard InChI is InChI=1S/C20H16FNO2S/c1-24-17-8-3-2-7-14(17)15-10-18(23)22-19-16(11-25-20(15)19)12-5-4-6-13(21)9-12/h2-9,11,15H,10H2,1H3,(H,22,23). The lowest BCUT2D eigenvalue weighted by Crippen LogP contribution is -2.22. The number of nitrogens with one attached hydrogen (secondary N) is 1. The van der Waals surface area contributed by atoms with E-state index in [1.54, 1.807) is 24.5 Å². The van der Waals surface area contributed by atoms with Gasteiger partial charge < -0.3 is 10.1 Å². The number of rotatable bonds is 3. The van der Waals surface area contributed by atoms with Gasteiger partial charge in [-0.25, -0.2) is 4.39 Å². The van der Waals surface area contributed by atoms with Crippen molar-refractivity contribution in [2.24, 2.45) is 0 Å². The Kier molecular flexibility index (Phi) is 4.01. The predicted molar refractivity (Wildman–Crippen MR) is 97.8 cm³/mol. The Balaban J connectivity index is 1.84. The summed E-state index contributed by atoms with van der Waals surface area (Å²) < 4.78 is 19.1. The number of hydrogen-bond donors (Lipinski definition) is 1. The maximum Gasteiger partial charge on any atom is 0.225 e. The molecule has 1 aliphatic heterocycles. The van der Waals surface area contributed by atoms with Gasteiger partial charge in [0.1, 0.15) is 11.6 Å². The number of amides is 1. The van der Waals surface area contributed by atoms with E-state index in [0.717, 1.165) is 33.0 Å². The number of hydrogen-bond acceptors (Lipinski definition) is 3. The van der Waals surface area contributed by atoms with E-state index >= 15 is 0 Å². The van der Waals surface area contributed by atoms with Gasteiger partial charge in [-0.05, 0) is 23.8 Å². The van der Waals surface area contributed by atoms with Gasteiger partial charge in [0.15, 0.2) is 0 Å². The molecule has 1 atom stereocenters. The van der Waals surface area contributed by atoms with Crippen molar-refractivity contribution >= 4 is 22.9 Å². The molecule has 0 saturated heterocycles. The zero-order valence-corrected chi connectivity index (χ0v) is 14.4. The molecule has 1 aromatic heterocycles. The van der Waals surface area contributed by atoms with Gasteiger partial charge in [0, 0.05) is 33.7 Å². The van der Waals surface area contributed by atoms with Crippen molar-refractivity contribution in [2.75, 3.05) is 12.4 Å². The lowest BCUT2D eigenvalue weighted by Gasteiger charge is -2.25. The van der Waals surface area contributed by atoms with Crippen LogP contribution in [0.25, 0.3) is 11.1 Å². The minimum Gasteiger partial charge on any atom is -0.496 e. The first-order chi connectivity index (χ1) is 12.2. The molecule has 0 aliphatic carbocycles. The van der Waals surface area contributed by atoms with Crippen molar-refractivity contribution in [3.63, 3.8) is 0 Å². The third-order valence-electron chi connectivity index (χ3n) is 4.44. The summed E-state index contributed by atoms with van der Waals surface area (Å²) in [6, 6.07) is 14.2. The average Bonchev–Trinajstić information content (AvgIpc) is 3.04. The van der Waals surface area contributed by atoms with Gasteiger partial charge in [-0.3, -0.25) is 4.79 Å². The summed E-state index contributed by atoms with van der Waals surface area (Å²) in [5.41, 5.74) is 3.39. The number of para-hydroxylation sites is 1. The third kappa shape index (κ3) is 2.81. The Morgan fingerprint density at radius 3 is 2.84 bits per heavy atom. The van der Waals surface area contributed by atoms with Crippen molar-refractivity contribution in [3.8, 4) is 16.9 Å². The van der Waals surface area contributed by atoms with Crippen LogP contribution in [0.5, 0.6) is 5.75 Å². The lowest BCUT2D eigenvalue weighted by molar-refractivity contribution is -0.116. The van der Waals surface area contributed by atoms with E-state index in [9.17, 15) is 9.18 Å². The van der Waals surface area contributed by atoms with Crippen LogP contribution in [0.2, 0.25) is 0 Å². The molecule has 1 aliphatic rings. The zero-order chi connectivity index (χ0) is 17.4.